The first kappa shape index (κ1) is 17.1. The average Bonchev–Trinajstić information content (AvgIpc) is 2.56. The molecule has 122 valence electrons. The van der Waals surface area contributed by atoms with Crippen molar-refractivity contribution in [1.82, 2.24) is 4.72 Å². The van der Waals surface area contributed by atoms with Crippen LogP contribution in [0.4, 0.5) is 5.69 Å². The summed E-state index contributed by atoms with van der Waals surface area (Å²) < 4.78 is 32.2. The number of sulfonamides is 1. The minimum Gasteiger partial charge on any atom is -0.375 e. The first-order valence-electron chi connectivity index (χ1n) is 6.76. The number of nitrogens with one attached hydrogen (secondary N) is 1. The van der Waals surface area contributed by atoms with Gasteiger partial charge in [0.2, 0.25) is 10.0 Å². The molecule has 0 fully saturated rings. The third-order valence-corrected chi connectivity index (χ3v) is 4.71. The Hall–Kier alpha value is -2.29. The number of hydrogen-bond donors (Lipinski definition) is 1. The number of nitrogens with zero attached hydrogens (tertiary/aromatic N) is 1. The Balaban J connectivity index is 2.10. The van der Waals surface area contributed by atoms with E-state index in [0.29, 0.717) is 0 Å². The molecule has 0 saturated heterocycles. The number of nitro benzene ring substituents is 1. The van der Waals surface area contributed by atoms with Gasteiger partial charge in [0.25, 0.3) is 5.69 Å². The van der Waals surface area contributed by atoms with Crippen molar-refractivity contribution < 1.29 is 18.1 Å². The summed E-state index contributed by atoms with van der Waals surface area (Å²) in [5, 5.41) is 10.6. The van der Waals surface area contributed by atoms with E-state index in [-0.39, 0.29) is 17.1 Å². The van der Waals surface area contributed by atoms with Gasteiger partial charge in [-0.3, -0.25) is 10.1 Å². The van der Waals surface area contributed by atoms with Gasteiger partial charge in [-0.25, -0.2) is 13.1 Å². The fraction of sp³-hybridized carbons (Fsp3) is 0.200. The zero-order valence-electron chi connectivity index (χ0n) is 12.4. The van der Waals surface area contributed by atoms with Gasteiger partial charge in [-0.1, -0.05) is 30.3 Å². The first-order valence-corrected chi connectivity index (χ1v) is 8.24. The van der Waals surface area contributed by atoms with Crippen LogP contribution >= 0.6 is 0 Å². The van der Waals surface area contributed by atoms with Crippen molar-refractivity contribution in [2.24, 2.45) is 0 Å². The fourth-order valence-corrected chi connectivity index (χ4v) is 3.05. The number of nitro groups is 1. The third kappa shape index (κ3) is 4.35. The van der Waals surface area contributed by atoms with Crippen LogP contribution in [0.3, 0.4) is 0 Å². The highest BCUT2D eigenvalue weighted by molar-refractivity contribution is 7.89. The van der Waals surface area contributed by atoms with E-state index in [1.54, 1.807) is 0 Å². The van der Waals surface area contributed by atoms with Gasteiger partial charge in [0.15, 0.2) is 0 Å². The zero-order chi connectivity index (χ0) is 16.9. The van der Waals surface area contributed by atoms with Gasteiger partial charge in [-0.05, 0) is 17.7 Å². The number of methoxy groups -OCH3 is 1. The van der Waals surface area contributed by atoms with E-state index in [1.165, 1.54) is 19.2 Å². The normalized spacial score (nSPS) is 12.7. The maximum absolute atomic E-state index is 12.2. The van der Waals surface area contributed by atoms with Gasteiger partial charge in [0.1, 0.15) is 0 Å². The van der Waals surface area contributed by atoms with Crippen LogP contribution in [0.25, 0.3) is 0 Å². The molecule has 1 N–H and O–H groups in total. The Bertz CT molecular complexity index is 760. The third-order valence-electron chi connectivity index (χ3n) is 3.27. The van der Waals surface area contributed by atoms with Crippen molar-refractivity contribution in [1.29, 1.82) is 0 Å². The van der Waals surface area contributed by atoms with Gasteiger partial charge >= 0.3 is 0 Å². The molecule has 0 saturated carbocycles. The van der Waals surface area contributed by atoms with E-state index >= 15 is 0 Å². The summed E-state index contributed by atoms with van der Waals surface area (Å²) in [6, 6.07) is 13.9. The first-order chi connectivity index (χ1) is 10.9. The molecule has 0 unspecified atom stereocenters. The van der Waals surface area contributed by atoms with E-state index in [4.69, 9.17) is 4.74 Å². The Labute approximate surface area is 134 Å². The van der Waals surface area contributed by atoms with Crippen molar-refractivity contribution in [3.8, 4) is 0 Å². The van der Waals surface area contributed by atoms with Gasteiger partial charge in [-0.15, -0.1) is 0 Å². The predicted molar refractivity (Wildman–Crippen MR) is 84.5 cm³/mol. The molecule has 7 nitrogen and oxygen atoms in total. The number of ether oxygens (including phenoxy) is 1. The molecule has 2 aromatic carbocycles. The Morgan fingerprint density at radius 3 is 2.26 bits per heavy atom. The summed E-state index contributed by atoms with van der Waals surface area (Å²) in [5.74, 6) is 0. The van der Waals surface area contributed by atoms with Crippen molar-refractivity contribution >= 4 is 15.7 Å². The molecule has 0 aromatic heterocycles. The number of hydrogen-bond acceptors (Lipinski definition) is 5. The highest BCUT2D eigenvalue weighted by Crippen LogP contribution is 2.18. The maximum Gasteiger partial charge on any atom is 0.269 e. The SMILES string of the molecule is CO[C@H](CNS(=O)(=O)c1ccc([N+](=O)[O-])cc1)c1ccccc1. The molecule has 0 radical (unpaired) electrons. The topological polar surface area (TPSA) is 98.5 Å². The molecule has 0 bridgehead atoms. The summed E-state index contributed by atoms with van der Waals surface area (Å²) in [7, 11) is -2.27. The van der Waals surface area contributed by atoms with Gasteiger partial charge in [0.05, 0.1) is 15.9 Å². The molecule has 0 amide bonds. The second kappa shape index (κ2) is 7.32. The van der Waals surface area contributed by atoms with Crippen LogP contribution in [-0.4, -0.2) is 27.0 Å². The second-order valence-corrected chi connectivity index (χ2v) is 6.50. The van der Waals surface area contributed by atoms with Crippen LogP contribution in [-0.2, 0) is 14.8 Å². The Morgan fingerprint density at radius 1 is 1.13 bits per heavy atom. The monoisotopic (exact) mass is 336 g/mol. The van der Waals surface area contributed by atoms with E-state index in [1.807, 2.05) is 30.3 Å². The van der Waals surface area contributed by atoms with E-state index in [9.17, 15) is 18.5 Å². The Morgan fingerprint density at radius 2 is 1.74 bits per heavy atom. The molecule has 0 aliphatic carbocycles. The largest absolute Gasteiger partial charge is 0.375 e. The molecule has 23 heavy (non-hydrogen) atoms. The quantitative estimate of drug-likeness (QED) is 0.618. The molecule has 2 aromatic rings. The molecular weight excluding hydrogens is 320 g/mol. The van der Waals surface area contributed by atoms with Crippen LogP contribution < -0.4 is 4.72 Å². The van der Waals surface area contributed by atoms with Crippen molar-refractivity contribution in [3.63, 3.8) is 0 Å². The Kier molecular flexibility index (Phi) is 5.43. The van der Waals surface area contributed by atoms with Crippen LogP contribution in [0, 0.1) is 10.1 Å². The van der Waals surface area contributed by atoms with Crippen LogP contribution in [0.1, 0.15) is 11.7 Å². The van der Waals surface area contributed by atoms with Crippen molar-refractivity contribution in [2.75, 3.05) is 13.7 Å². The summed E-state index contributed by atoms with van der Waals surface area (Å²) in [6.45, 7) is 0.0554. The standard InChI is InChI=1S/C15H16N2O5S/c1-22-15(12-5-3-2-4-6-12)11-16-23(20,21)14-9-7-13(8-10-14)17(18)19/h2-10,15-16H,11H2,1H3/t15-/m1/s1. The summed E-state index contributed by atoms with van der Waals surface area (Å²) in [4.78, 5) is 9.98. The highest BCUT2D eigenvalue weighted by atomic mass is 32.2. The van der Waals surface area contributed by atoms with Gasteiger partial charge in [0, 0.05) is 25.8 Å². The lowest BCUT2D eigenvalue weighted by atomic mass is 10.1. The van der Waals surface area contributed by atoms with Crippen LogP contribution in [0.15, 0.2) is 59.5 Å². The summed E-state index contributed by atoms with van der Waals surface area (Å²) in [5.41, 5.74) is 0.685. The average molecular weight is 336 g/mol. The van der Waals surface area contributed by atoms with E-state index in [0.717, 1.165) is 17.7 Å². The van der Waals surface area contributed by atoms with Crippen LogP contribution in [0.2, 0.25) is 0 Å². The van der Waals surface area contributed by atoms with Gasteiger partial charge in [-0.2, -0.15) is 0 Å². The number of non-ortho nitro benzene ring substituents is 1. The lowest BCUT2D eigenvalue weighted by molar-refractivity contribution is -0.384. The maximum atomic E-state index is 12.2. The lowest BCUT2D eigenvalue weighted by Gasteiger charge is -2.16. The smallest absolute Gasteiger partial charge is 0.269 e. The highest BCUT2D eigenvalue weighted by Gasteiger charge is 2.18. The second-order valence-electron chi connectivity index (χ2n) is 4.74. The number of rotatable bonds is 7. The molecule has 8 heteroatoms. The minimum atomic E-state index is -3.77. The zero-order valence-corrected chi connectivity index (χ0v) is 13.2. The minimum absolute atomic E-state index is 0.0361. The molecular formula is C15H16N2O5S. The summed E-state index contributed by atoms with van der Waals surface area (Å²) in [6.07, 6.45) is -0.427. The number of benzene rings is 2. The molecule has 0 spiro atoms. The van der Waals surface area contributed by atoms with E-state index in [2.05, 4.69) is 4.72 Å². The molecule has 1 atom stereocenters. The van der Waals surface area contributed by atoms with Crippen LogP contribution in [0.5, 0.6) is 0 Å². The van der Waals surface area contributed by atoms with E-state index < -0.39 is 21.1 Å². The predicted octanol–water partition coefficient (Wildman–Crippen LogP) is 2.26. The van der Waals surface area contributed by atoms with Gasteiger partial charge < -0.3 is 4.74 Å². The lowest BCUT2D eigenvalue weighted by Crippen LogP contribution is -2.29. The molecule has 0 heterocycles. The van der Waals surface area contributed by atoms with Crippen molar-refractivity contribution in [2.45, 2.75) is 11.0 Å². The van der Waals surface area contributed by atoms with Crippen molar-refractivity contribution in [3.05, 3.63) is 70.3 Å². The fourth-order valence-electron chi connectivity index (χ4n) is 2.02. The molecule has 2 rings (SSSR count). The molecule has 0 aliphatic heterocycles. The summed E-state index contributed by atoms with van der Waals surface area (Å²) >= 11 is 0. The molecule has 0 aliphatic rings.